The summed E-state index contributed by atoms with van der Waals surface area (Å²) in [7, 11) is 0. The molecule has 1 aromatic heterocycles. The zero-order chi connectivity index (χ0) is 12.5. The third kappa shape index (κ3) is 2.22. The van der Waals surface area contributed by atoms with Crippen molar-refractivity contribution in [1.82, 2.24) is 4.98 Å². The molecule has 3 rings (SSSR count). The number of fused-ring (bicyclic) bond motifs is 1. The lowest BCUT2D eigenvalue weighted by molar-refractivity contribution is 0.145. The molecule has 3 nitrogen and oxygen atoms in total. The highest BCUT2D eigenvalue weighted by Gasteiger charge is 2.20. The van der Waals surface area contributed by atoms with Gasteiger partial charge in [-0.15, -0.1) is 11.8 Å². The molecule has 1 N–H and O–H groups in total. The summed E-state index contributed by atoms with van der Waals surface area (Å²) in [6.45, 7) is 1.82. The Labute approximate surface area is 115 Å². The smallest absolute Gasteiger partial charge is 0.186 e. The first-order valence-corrected chi connectivity index (χ1v) is 8.18. The van der Waals surface area contributed by atoms with Crippen LogP contribution in [0.2, 0.25) is 0 Å². The molecule has 1 fully saturated rings. The van der Waals surface area contributed by atoms with Crippen LogP contribution >= 0.6 is 23.1 Å². The number of aliphatic hydroxyl groups excluding tert-OH is 1. The van der Waals surface area contributed by atoms with Crippen molar-refractivity contribution in [2.24, 2.45) is 0 Å². The molecule has 2 heterocycles. The third-order valence-electron chi connectivity index (χ3n) is 3.33. The number of aliphatic hydroxyl groups is 1. The fourth-order valence-electron chi connectivity index (χ4n) is 2.27. The number of benzene rings is 1. The standard InChI is InChI=1S/C13H16N2OS2/c1-17-10-3-2-4-11-12(10)14-13(18-11)15-7-5-9(16)6-8-15/h2-4,9,16H,5-8H2,1H3. The van der Waals surface area contributed by atoms with E-state index in [9.17, 15) is 5.11 Å². The van der Waals surface area contributed by atoms with Gasteiger partial charge in [-0.3, -0.25) is 0 Å². The summed E-state index contributed by atoms with van der Waals surface area (Å²) in [6, 6.07) is 6.35. The van der Waals surface area contributed by atoms with Gasteiger partial charge in [-0.1, -0.05) is 17.4 Å². The van der Waals surface area contributed by atoms with Crippen molar-refractivity contribution < 1.29 is 5.11 Å². The Morgan fingerprint density at radius 1 is 1.39 bits per heavy atom. The van der Waals surface area contributed by atoms with Gasteiger partial charge >= 0.3 is 0 Å². The van der Waals surface area contributed by atoms with Crippen molar-refractivity contribution in [1.29, 1.82) is 0 Å². The maximum Gasteiger partial charge on any atom is 0.186 e. The van der Waals surface area contributed by atoms with Gasteiger partial charge in [-0.2, -0.15) is 0 Å². The zero-order valence-corrected chi connectivity index (χ0v) is 11.9. The van der Waals surface area contributed by atoms with Crippen LogP contribution in [0.3, 0.4) is 0 Å². The fourth-order valence-corrected chi connectivity index (χ4v) is 3.94. The molecule has 0 radical (unpaired) electrons. The molecule has 0 aliphatic carbocycles. The van der Waals surface area contributed by atoms with E-state index in [1.165, 1.54) is 9.60 Å². The van der Waals surface area contributed by atoms with Crippen molar-refractivity contribution in [3.63, 3.8) is 0 Å². The van der Waals surface area contributed by atoms with Crippen LogP contribution in [-0.2, 0) is 0 Å². The number of aromatic nitrogens is 1. The van der Waals surface area contributed by atoms with Crippen LogP contribution in [0.25, 0.3) is 10.2 Å². The van der Waals surface area contributed by atoms with Crippen LogP contribution in [0.5, 0.6) is 0 Å². The van der Waals surface area contributed by atoms with Gasteiger partial charge in [0.25, 0.3) is 0 Å². The summed E-state index contributed by atoms with van der Waals surface area (Å²) in [5.41, 5.74) is 1.12. The molecule has 0 unspecified atom stereocenters. The minimum absolute atomic E-state index is 0.127. The van der Waals surface area contributed by atoms with Crippen molar-refractivity contribution in [3.05, 3.63) is 18.2 Å². The van der Waals surface area contributed by atoms with Crippen LogP contribution in [0.15, 0.2) is 23.1 Å². The summed E-state index contributed by atoms with van der Waals surface area (Å²) >= 11 is 3.50. The summed E-state index contributed by atoms with van der Waals surface area (Å²) < 4.78 is 1.25. The second-order valence-corrected chi connectivity index (χ2v) is 6.38. The minimum atomic E-state index is -0.127. The predicted octanol–water partition coefficient (Wildman–Crippen LogP) is 2.98. The Morgan fingerprint density at radius 2 is 2.17 bits per heavy atom. The quantitative estimate of drug-likeness (QED) is 0.858. The SMILES string of the molecule is CSc1cccc2sc(N3CCC(O)CC3)nc12. The Morgan fingerprint density at radius 3 is 2.89 bits per heavy atom. The molecular weight excluding hydrogens is 264 g/mol. The van der Waals surface area contributed by atoms with E-state index in [1.54, 1.807) is 23.1 Å². The van der Waals surface area contributed by atoms with Crippen molar-refractivity contribution in [2.45, 2.75) is 23.8 Å². The van der Waals surface area contributed by atoms with Gasteiger partial charge in [0.2, 0.25) is 0 Å². The van der Waals surface area contributed by atoms with Gasteiger partial charge in [0.05, 0.1) is 16.3 Å². The summed E-state index contributed by atoms with van der Waals surface area (Å²) in [5, 5.41) is 10.6. The zero-order valence-electron chi connectivity index (χ0n) is 10.3. The number of nitrogens with zero attached hydrogens (tertiary/aromatic N) is 2. The average molecular weight is 280 g/mol. The largest absolute Gasteiger partial charge is 0.393 e. The Balaban J connectivity index is 1.93. The number of rotatable bonds is 2. The van der Waals surface area contributed by atoms with E-state index < -0.39 is 0 Å². The van der Waals surface area contributed by atoms with Crippen LogP contribution in [-0.4, -0.2) is 35.5 Å². The number of para-hydroxylation sites is 1. The van der Waals surface area contributed by atoms with Crippen LogP contribution in [0.4, 0.5) is 5.13 Å². The van der Waals surface area contributed by atoms with Crippen molar-refractivity contribution in [3.8, 4) is 0 Å². The lowest BCUT2D eigenvalue weighted by Gasteiger charge is -2.28. The minimum Gasteiger partial charge on any atom is -0.393 e. The monoisotopic (exact) mass is 280 g/mol. The summed E-state index contributed by atoms with van der Waals surface area (Å²) in [4.78, 5) is 8.31. The molecule has 0 atom stereocenters. The molecular formula is C13H16N2OS2. The second kappa shape index (κ2) is 5.07. The average Bonchev–Trinajstić information content (AvgIpc) is 2.83. The van der Waals surface area contributed by atoms with Crippen molar-refractivity contribution >= 4 is 38.4 Å². The molecule has 2 aromatic rings. The Kier molecular flexibility index (Phi) is 3.46. The van der Waals surface area contributed by atoms with Gasteiger partial charge < -0.3 is 10.0 Å². The highest BCUT2D eigenvalue weighted by Crippen LogP contribution is 2.34. The van der Waals surface area contributed by atoms with E-state index in [0.717, 1.165) is 36.6 Å². The highest BCUT2D eigenvalue weighted by atomic mass is 32.2. The molecule has 5 heteroatoms. The third-order valence-corrected chi connectivity index (χ3v) is 5.18. The van der Waals surface area contributed by atoms with E-state index >= 15 is 0 Å². The van der Waals surface area contributed by atoms with Gasteiger partial charge in [0.1, 0.15) is 0 Å². The second-order valence-electron chi connectivity index (χ2n) is 4.52. The van der Waals surface area contributed by atoms with Crippen LogP contribution < -0.4 is 4.90 Å². The van der Waals surface area contributed by atoms with E-state index in [1.807, 2.05) is 0 Å². The predicted molar refractivity (Wildman–Crippen MR) is 78.9 cm³/mol. The van der Waals surface area contributed by atoms with Crippen LogP contribution in [0, 0.1) is 0 Å². The molecule has 1 aliphatic rings. The Bertz CT molecular complexity index is 547. The summed E-state index contributed by atoms with van der Waals surface area (Å²) in [6.07, 6.45) is 3.67. The molecule has 18 heavy (non-hydrogen) atoms. The molecule has 1 saturated heterocycles. The maximum atomic E-state index is 9.55. The molecule has 0 spiro atoms. The molecule has 96 valence electrons. The summed E-state index contributed by atoms with van der Waals surface area (Å²) in [5.74, 6) is 0. The van der Waals surface area contributed by atoms with E-state index in [-0.39, 0.29) is 6.10 Å². The van der Waals surface area contributed by atoms with E-state index in [0.29, 0.717) is 0 Å². The maximum absolute atomic E-state index is 9.55. The van der Waals surface area contributed by atoms with Gasteiger partial charge in [-0.25, -0.2) is 4.98 Å². The lowest BCUT2D eigenvalue weighted by Crippen LogP contribution is -2.35. The van der Waals surface area contributed by atoms with Gasteiger partial charge in [0, 0.05) is 18.0 Å². The topological polar surface area (TPSA) is 36.4 Å². The molecule has 1 aromatic carbocycles. The first kappa shape index (κ1) is 12.3. The molecule has 1 aliphatic heterocycles. The van der Waals surface area contributed by atoms with E-state index in [2.05, 4.69) is 29.4 Å². The number of hydrogen-bond acceptors (Lipinski definition) is 5. The molecule has 0 bridgehead atoms. The molecule has 0 amide bonds. The number of hydrogen-bond donors (Lipinski definition) is 1. The molecule has 0 saturated carbocycles. The van der Waals surface area contributed by atoms with Gasteiger partial charge in [-0.05, 0) is 31.2 Å². The normalized spacial score (nSPS) is 17.6. The number of piperidine rings is 1. The fraction of sp³-hybridized carbons (Fsp3) is 0.462. The highest BCUT2D eigenvalue weighted by molar-refractivity contribution is 7.98. The lowest BCUT2D eigenvalue weighted by atomic mass is 10.1. The van der Waals surface area contributed by atoms with Gasteiger partial charge in [0.15, 0.2) is 5.13 Å². The van der Waals surface area contributed by atoms with Crippen molar-refractivity contribution in [2.75, 3.05) is 24.2 Å². The van der Waals surface area contributed by atoms with E-state index in [4.69, 9.17) is 4.98 Å². The first-order valence-electron chi connectivity index (χ1n) is 6.14. The number of anilines is 1. The number of thiazole rings is 1. The first-order chi connectivity index (χ1) is 8.78. The van der Waals surface area contributed by atoms with Crippen LogP contribution in [0.1, 0.15) is 12.8 Å². The number of thioether (sulfide) groups is 1. The Hall–Kier alpha value is -0.780.